The van der Waals surface area contributed by atoms with Gasteiger partial charge >= 0.3 is 21.1 Å². The van der Waals surface area contributed by atoms with E-state index in [2.05, 4.69) is 69.6 Å². The average molecular weight is 837 g/mol. The van der Waals surface area contributed by atoms with E-state index < -0.39 is 14.0 Å². The number of carbonyl (C=O) groups is 2. The van der Waals surface area contributed by atoms with E-state index in [0.29, 0.717) is 6.04 Å². The van der Waals surface area contributed by atoms with Crippen LogP contribution in [0.25, 0.3) is 0 Å². The van der Waals surface area contributed by atoms with Crippen molar-refractivity contribution in [2.24, 2.45) is 0 Å². The van der Waals surface area contributed by atoms with Gasteiger partial charge in [-0.2, -0.15) is 0 Å². The first-order chi connectivity index (χ1) is 25.6. The molecule has 2 aromatic carbocycles. The smallest absolute Gasteiger partial charge is 0.405 e. The second-order valence-corrected chi connectivity index (χ2v) is 20.0. The lowest BCUT2D eigenvalue weighted by atomic mass is 9.49. The Morgan fingerprint density at radius 1 is 0.571 bits per heavy atom. The second-order valence-electron chi connectivity index (χ2n) is 19.1. The monoisotopic (exact) mass is 836 g/mol. The van der Waals surface area contributed by atoms with E-state index in [9.17, 15) is 9.59 Å². The summed E-state index contributed by atoms with van der Waals surface area (Å²) in [7, 11) is -1.30. The molecule has 0 bridgehead atoms. The first-order valence-electron chi connectivity index (χ1n) is 20.2. The van der Waals surface area contributed by atoms with Crippen LogP contribution in [0.15, 0.2) is 40.9 Å². The van der Waals surface area contributed by atoms with Crippen molar-refractivity contribution < 1.29 is 37.5 Å². The zero-order valence-electron chi connectivity index (χ0n) is 36.7. The molecule has 3 saturated heterocycles. The Labute approximate surface area is 345 Å². The fourth-order valence-corrected chi connectivity index (χ4v) is 7.99. The van der Waals surface area contributed by atoms with Gasteiger partial charge in [0.05, 0.1) is 33.6 Å². The van der Waals surface area contributed by atoms with Crippen molar-refractivity contribution in [2.75, 3.05) is 9.80 Å². The van der Waals surface area contributed by atoms with Crippen molar-refractivity contribution in [1.29, 1.82) is 0 Å². The molecule has 0 aromatic heterocycles. The van der Waals surface area contributed by atoms with Crippen molar-refractivity contribution >= 4 is 65.7 Å². The summed E-state index contributed by atoms with van der Waals surface area (Å²) in [6, 6.07) is 12.9. The van der Waals surface area contributed by atoms with Crippen LogP contribution in [0.4, 0.5) is 11.4 Å². The Bertz CT molecular complexity index is 1720. The standard InChI is InChI=1S/C18H26BNO3.C12H24B2O4.C12H14BrNO/c1-12-7-8-14-11-15(9-10-16(14)20(12)13(2)21)19-22-17(3,4)18(5,6)23-19;1-9(2)10(3,4)16-13(15-9)14-17-11(5,6)12(7,8)18-14;1-8-3-4-10-7-11(13)5-6-12(10)14(8)9(2)15/h9-12H,7-8H2,1-6H3;1-8H3;5-8H,3-4H2,1-2H3/t12-;;8-/m0.0/s1. The molecule has 56 heavy (non-hydrogen) atoms. The molecule has 0 saturated carbocycles. The molecule has 5 aliphatic rings. The van der Waals surface area contributed by atoms with Crippen molar-refractivity contribution in [2.45, 2.75) is 182 Å². The van der Waals surface area contributed by atoms with E-state index in [1.807, 2.05) is 89.5 Å². The highest BCUT2D eigenvalue weighted by Crippen LogP contribution is 2.43. The molecule has 2 amide bonds. The number of aryl methyl sites for hydroxylation is 2. The van der Waals surface area contributed by atoms with Crippen molar-refractivity contribution in [1.82, 2.24) is 0 Å². The van der Waals surface area contributed by atoms with Gasteiger partial charge < -0.3 is 37.7 Å². The fourth-order valence-electron chi connectivity index (χ4n) is 7.58. The third kappa shape index (κ3) is 8.87. The van der Waals surface area contributed by atoms with E-state index in [1.54, 1.807) is 13.8 Å². The SMILES string of the molecule is CC(=O)N1c2ccc(B3OC(C)(C)C(C)(C)O3)cc2CC[C@@H]1C.CC(=O)N1c2ccc(Br)cc2CC[C@@H]1C.CC1(C)OB(B2OC(C)(C)C(C)(C)O2)OC1(C)C. The number of nitrogens with zero attached hydrogens (tertiary/aromatic N) is 2. The summed E-state index contributed by atoms with van der Waals surface area (Å²) in [5.41, 5.74) is 3.47. The molecule has 306 valence electrons. The molecule has 0 radical (unpaired) electrons. The minimum absolute atomic E-state index is 0.0989. The summed E-state index contributed by atoms with van der Waals surface area (Å²) in [6.45, 7) is 31.9. The van der Waals surface area contributed by atoms with Crippen LogP contribution in [-0.2, 0) is 50.4 Å². The summed E-state index contributed by atoms with van der Waals surface area (Å²) in [5.74, 6) is 0.229. The topological polar surface area (TPSA) is 96.0 Å². The number of anilines is 2. The number of hydrogen-bond donors (Lipinski definition) is 0. The number of carbonyl (C=O) groups excluding carboxylic acids is 2. The maximum atomic E-state index is 12.0. The maximum absolute atomic E-state index is 12.0. The molecule has 2 atom stereocenters. The minimum atomic E-state index is -0.476. The van der Waals surface area contributed by atoms with Crippen LogP contribution in [-0.4, -0.2) is 78.6 Å². The molecule has 14 heteroatoms. The quantitative estimate of drug-likeness (QED) is 0.281. The highest BCUT2D eigenvalue weighted by Gasteiger charge is 2.63. The fraction of sp³-hybridized carbons (Fsp3) is 0.667. The number of amides is 2. The lowest BCUT2D eigenvalue weighted by Gasteiger charge is -2.35. The molecule has 5 aliphatic heterocycles. The highest BCUT2D eigenvalue weighted by atomic mass is 79.9. The minimum Gasteiger partial charge on any atom is -0.405 e. The van der Waals surface area contributed by atoms with Gasteiger partial charge in [-0.25, -0.2) is 0 Å². The molecule has 7 rings (SSSR count). The van der Waals surface area contributed by atoms with E-state index in [1.165, 1.54) is 11.1 Å². The average Bonchev–Trinajstić information content (AvgIpc) is 3.53. The van der Waals surface area contributed by atoms with Crippen LogP contribution >= 0.6 is 15.9 Å². The number of fused-ring (bicyclic) bond motifs is 2. The van der Waals surface area contributed by atoms with Crippen LogP contribution in [0.3, 0.4) is 0 Å². The Morgan fingerprint density at radius 2 is 0.911 bits per heavy atom. The molecule has 10 nitrogen and oxygen atoms in total. The molecule has 0 spiro atoms. The van der Waals surface area contributed by atoms with Crippen molar-refractivity contribution in [3.63, 3.8) is 0 Å². The second kappa shape index (κ2) is 15.8. The maximum Gasteiger partial charge on any atom is 0.494 e. The Balaban J connectivity index is 0.000000165. The van der Waals surface area contributed by atoms with Gasteiger partial charge in [0.25, 0.3) is 0 Å². The van der Waals surface area contributed by atoms with Gasteiger partial charge in [0.2, 0.25) is 11.8 Å². The molecular weight excluding hydrogens is 773 g/mol. The predicted octanol–water partition coefficient (Wildman–Crippen LogP) is 8.06. The molecule has 2 aromatic rings. The Kier molecular flexibility index (Phi) is 12.6. The normalized spacial score (nSPS) is 26.1. The number of hydrogen-bond acceptors (Lipinski definition) is 8. The zero-order valence-corrected chi connectivity index (χ0v) is 38.3. The lowest BCUT2D eigenvalue weighted by Crippen LogP contribution is -2.42. The van der Waals surface area contributed by atoms with Crippen LogP contribution in [0.2, 0.25) is 0 Å². The third-order valence-corrected chi connectivity index (χ3v) is 13.7. The largest absolute Gasteiger partial charge is 0.494 e. The van der Waals surface area contributed by atoms with E-state index in [4.69, 9.17) is 27.9 Å². The van der Waals surface area contributed by atoms with Crippen molar-refractivity contribution in [3.05, 3.63) is 52.0 Å². The summed E-state index contributed by atoms with van der Waals surface area (Å²) in [4.78, 5) is 27.3. The van der Waals surface area contributed by atoms with Crippen molar-refractivity contribution in [3.8, 4) is 0 Å². The molecule has 0 unspecified atom stereocenters. The van der Waals surface area contributed by atoms with E-state index in [-0.39, 0.29) is 58.6 Å². The molecular formula is C42H64B3BrN2O8. The first-order valence-corrected chi connectivity index (χ1v) is 21.0. The molecule has 0 N–H and O–H groups in total. The third-order valence-electron chi connectivity index (χ3n) is 13.2. The lowest BCUT2D eigenvalue weighted by molar-refractivity contribution is -0.117. The van der Waals surface area contributed by atoms with Gasteiger partial charge in [-0.1, -0.05) is 28.1 Å². The van der Waals surface area contributed by atoms with Gasteiger partial charge in [-0.15, -0.1) is 0 Å². The number of halogens is 1. The van der Waals surface area contributed by atoms with Gasteiger partial charge in [-0.3, -0.25) is 9.59 Å². The Morgan fingerprint density at radius 3 is 1.29 bits per heavy atom. The van der Waals surface area contributed by atoms with Gasteiger partial charge in [0.1, 0.15) is 0 Å². The van der Waals surface area contributed by atoms with Crippen LogP contribution in [0.1, 0.15) is 135 Å². The highest BCUT2D eigenvalue weighted by molar-refractivity contribution is 9.10. The summed E-state index contributed by atoms with van der Waals surface area (Å²) < 4.78 is 37.2. The van der Waals surface area contributed by atoms with Crippen LogP contribution in [0, 0.1) is 0 Å². The van der Waals surface area contributed by atoms with E-state index in [0.717, 1.165) is 47.0 Å². The summed E-state index contributed by atoms with van der Waals surface area (Å²) >= 11 is 3.46. The summed E-state index contributed by atoms with van der Waals surface area (Å²) in [5, 5.41) is 0. The van der Waals surface area contributed by atoms with Gasteiger partial charge in [0.15, 0.2) is 0 Å². The van der Waals surface area contributed by atoms with Gasteiger partial charge in [-0.05, 0) is 163 Å². The number of rotatable bonds is 2. The number of benzene rings is 2. The summed E-state index contributed by atoms with van der Waals surface area (Å²) in [6.07, 6.45) is 4.07. The Hall–Kier alpha value is -2.19. The molecule has 5 heterocycles. The zero-order chi connectivity index (χ0) is 42.0. The molecule has 0 aliphatic carbocycles. The van der Waals surface area contributed by atoms with Crippen LogP contribution < -0.4 is 15.3 Å². The van der Waals surface area contributed by atoms with Gasteiger partial charge in [0, 0.05) is 41.8 Å². The first kappa shape index (κ1) is 44.9. The van der Waals surface area contributed by atoms with E-state index >= 15 is 0 Å². The van der Waals surface area contributed by atoms with Crippen LogP contribution in [0.5, 0.6) is 0 Å². The molecule has 3 fully saturated rings. The predicted molar refractivity (Wildman–Crippen MR) is 230 cm³/mol.